The summed E-state index contributed by atoms with van der Waals surface area (Å²) in [6.45, 7) is 6.06. The number of nitrogens with one attached hydrogen (secondary N) is 2. The molecule has 0 bridgehead atoms. The van der Waals surface area contributed by atoms with Crippen molar-refractivity contribution in [1.29, 1.82) is 0 Å². The molecule has 3 atom stereocenters. The fourth-order valence-corrected chi connectivity index (χ4v) is 4.85. The van der Waals surface area contributed by atoms with Gasteiger partial charge in [0, 0.05) is 43.7 Å². The monoisotopic (exact) mass is 492 g/mol. The molecule has 2 aromatic carbocycles. The number of methoxy groups -OCH3 is 1. The summed E-state index contributed by atoms with van der Waals surface area (Å²) in [5.41, 5.74) is 3.05. The molecule has 194 valence electrons. The van der Waals surface area contributed by atoms with Gasteiger partial charge in [-0.15, -0.1) is 0 Å². The van der Waals surface area contributed by atoms with E-state index in [-0.39, 0.29) is 11.8 Å². The van der Waals surface area contributed by atoms with Gasteiger partial charge < -0.3 is 25.2 Å². The summed E-state index contributed by atoms with van der Waals surface area (Å²) >= 11 is 0. The molecule has 36 heavy (non-hydrogen) atoms. The number of benzene rings is 2. The third kappa shape index (κ3) is 7.08. The topological polar surface area (TPSA) is 73.9 Å². The Morgan fingerprint density at radius 1 is 1.00 bits per heavy atom. The average molecular weight is 493 g/mol. The number of nitrogens with zero attached hydrogens (tertiary/aromatic N) is 2. The number of amides is 2. The van der Waals surface area contributed by atoms with Crippen LogP contribution in [0.2, 0.25) is 0 Å². The smallest absolute Gasteiger partial charge is 0.251 e. The molecule has 7 heteroatoms. The van der Waals surface area contributed by atoms with Crippen LogP contribution in [0, 0.1) is 6.92 Å². The minimum atomic E-state index is -0.491. The normalized spacial score (nSPS) is 20.6. The van der Waals surface area contributed by atoms with Crippen LogP contribution in [-0.4, -0.2) is 80.6 Å². The van der Waals surface area contributed by atoms with Crippen LogP contribution in [0.1, 0.15) is 53.1 Å². The Labute approximate surface area is 215 Å². The number of rotatable bonds is 11. The average Bonchev–Trinajstić information content (AvgIpc) is 3.67. The van der Waals surface area contributed by atoms with E-state index in [0.717, 1.165) is 50.2 Å². The van der Waals surface area contributed by atoms with Crippen molar-refractivity contribution in [3.8, 4) is 5.75 Å². The molecule has 7 nitrogen and oxygen atoms in total. The molecule has 2 N–H and O–H groups in total. The van der Waals surface area contributed by atoms with Crippen LogP contribution in [0.3, 0.4) is 0 Å². The fraction of sp³-hybridized carbons (Fsp3) is 0.517. The summed E-state index contributed by atoms with van der Waals surface area (Å²) in [6, 6.07) is 15.9. The van der Waals surface area contributed by atoms with E-state index in [2.05, 4.69) is 34.7 Å². The minimum absolute atomic E-state index is 0.0401. The SMILES string of the molecule is COc1ccc([C@@H]2CC2NCCCC[C@H](NC(=O)c2ccc(C)cc2)C(=O)N2CCN(C)CC2)cc1. The lowest BCUT2D eigenvalue weighted by molar-refractivity contribution is -0.135. The van der Waals surface area contributed by atoms with Crippen molar-refractivity contribution in [2.75, 3.05) is 46.9 Å². The predicted molar refractivity (Wildman–Crippen MR) is 143 cm³/mol. The maximum Gasteiger partial charge on any atom is 0.251 e. The van der Waals surface area contributed by atoms with Gasteiger partial charge in [-0.1, -0.05) is 29.8 Å². The molecule has 2 aromatic rings. The third-order valence-electron chi connectivity index (χ3n) is 7.39. The van der Waals surface area contributed by atoms with Gasteiger partial charge in [0.15, 0.2) is 0 Å². The van der Waals surface area contributed by atoms with Crippen LogP contribution in [0.4, 0.5) is 0 Å². The number of carbonyl (C=O) groups excluding carboxylic acids is 2. The molecule has 1 unspecified atom stereocenters. The molecule has 4 rings (SSSR count). The molecule has 0 aromatic heterocycles. The maximum atomic E-state index is 13.3. The molecule has 1 aliphatic carbocycles. The number of hydrogen-bond acceptors (Lipinski definition) is 5. The maximum absolute atomic E-state index is 13.3. The lowest BCUT2D eigenvalue weighted by Gasteiger charge is -2.34. The minimum Gasteiger partial charge on any atom is -0.497 e. The summed E-state index contributed by atoms with van der Waals surface area (Å²) in [4.78, 5) is 30.3. The van der Waals surface area contributed by atoms with Crippen molar-refractivity contribution in [1.82, 2.24) is 20.4 Å². The van der Waals surface area contributed by atoms with Gasteiger partial charge in [0.05, 0.1) is 7.11 Å². The van der Waals surface area contributed by atoms with E-state index in [9.17, 15) is 9.59 Å². The van der Waals surface area contributed by atoms with Gasteiger partial charge in [-0.3, -0.25) is 9.59 Å². The van der Waals surface area contributed by atoms with E-state index >= 15 is 0 Å². The zero-order valence-electron chi connectivity index (χ0n) is 21.8. The Morgan fingerprint density at radius 3 is 2.36 bits per heavy atom. The Balaban J connectivity index is 1.25. The molecular formula is C29H40N4O3. The Bertz CT molecular complexity index is 1000. The zero-order valence-corrected chi connectivity index (χ0v) is 21.8. The standard InChI is InChI=1S/C29H40N4O3/c1-21-7-9-23(10-8-21)28(34)31-26(29(35)33-18-16-32(2)17-19-33)6-4-5-15-30-27-20-25(27)22-11-13-24(36-3)14-12-22/h7-14,25-27,30H,4-6,15-20H2,1-3H3,(H,31,34)/t25-,26-,27?/m0/s1. The summed E-state index contributed by atoms with van der Waals surface area (Å²) < 4.78 is 5.25. The van der Waals surface area contributed by atoms with E-state index in [0.29, 0.717) is 37.0 Å². The molecule has 1 aliphatic heterocycles. The van der Waals surface area contributed by atoms with Crippen LogP contribution < -0.4 is 15.4 Å². The quantitative estimate of drug-likeness (QED) is 0.472. The van der Waals surface area contributed by atoms with Crippen molar-refractivity contribution in [2.24, 2.45) is 0 Å². The summed E-state index contributed by atoms with van der Waals surface area (Å²) in [5.74, 6) is 1.31. The van der Waals surface area contributed by atoms with Gasteiger partial charge >= 0.3 is 0 Å². The predicted octanol–water partition coefficient (Wildman–Crippen LogP) is 3.19. The van der Waals surface area contributed by atoms with Gasteiger partial charge in [0.2, 0.25) is 5.91 Å². The number of likely N-dealkylation sites (N-methyl/N-ethyl adjacent to an activating group) is 1. The number of unbranched alkanes of at least 4 members (excludes halogenated alkanes) is 1. The highest BCUT2D eigenvalue weighted by atomic mass is 16.5. The first-order valence-electron chi connectivity index (χ1n) is 13.2. The lowest BCUT2D eigenvalue weighted by Crippen LogP contribution is -2.54. The Hall–Kier alpha value is -2.90. The first-order valence-corrected chi connectivity index (χ1v) is 13.2. The molecule has 0 spiro atoms. The van der Waals surface area contributed by atoms with Crippen molar-refractivity contribution in [3.63, 3.8) is 0 Å². The van der Waals surface area contributed by atoms with Crippen LogP contribution in [0.15, 0.2) is 48.5 Å². The first kappa shape index (κ1) is 26.2. The van der Waals surface area contributed by atoms with E-state index < -0.39 is 6.04 Å². The highest BCUT2D eigenvalue weighted by Crippen LogP contribution is 2.41. The highest BCUT2D eigenvalue weighted by molar-refractivity contribution is 5.97. The van der Waals surface area contributed by atoms with E-state index in [4.69, 9.17) is 4.74 Å². The van der Waals surface area contributed by atoms with Crippen molar-refractivity contribution in [2.45, 2.75) is 50.6 Å². The van der Waals surface area contributed by atoms with Gasteiger partial charge in [-0.05, 0) is 76.0 Å². The molecule has 0 radical (unpaired) electrons. The third-order valence-corrected chi connectivity index (χ3v) is 7.39. The Kier molecular flexibility index (Phi) is 8.99. The van der Waals surface area contributed by atoms with Crippen LogP contribution in [-0.2, 0) is 4.79 Å². The summed E-state index contributed by atoms with van der Waals surface area (Å²) in [6.07, 6.45) is 3.66. The zero-order chi connectivity index (χ0) is 25.5. The number of hydrogen-bond donors (Lipinski definition) is 2. The summed E-state index contributed by atoms with van der Waals surface area (Å²) in [7, 11) is 3.76. The fourth-order valence-electron chi connectivity index (χ4n) is 4.85. The largest absolute Gasteiger partial charge is 0.497 e. The molecule has 2 fully saturated rings. The molecule has 1 saturated carbocycles. The lowest BCUT2D eigenvalue weighted by atomic mass is 10.1. The van der Waals surface area contributed by atoms with Gasteiger partial charge in [0.1, 0.15) is 11.8 Å². The highest BCUT2D eigenvalue weighted by Gasteiger charge is 2.37. The van der Waals surface area contributed by atoms with E-state index in [1.54, 1.807) is 7.11 Å². The second-order valence-corrected chi connectivity index (χ2v) is 10.2. The van der Waals surface area contributed by atoms with Crippen molar-refractivity contribution >= 4 is 11.8 Å². The van der Waals surface area contributed by atoms with Gasteiger partial charge in [-0.2, -0.15) is 0 Å². The molecule has 1 heterocycles. The number of carbonyl (C=O) groups is 2. The van der Waals surface area contributed by atoms with Crippen LogP contribution in [0.25, 0.3) is 0 Å². The van der Waals surface area contributed by atoms with E-state index in [1.165, 1.54) is 5.56 Å². The van der Waals surface area contributed by atoms with Crippen molar-refractivity contribution < 1.29 is 14.3 Å². The number of piperazine rings is 1. The van der Waals surface area contributed by atoms with Gasteiger partial charge in [0.25, 0.3) is 5.91 Å². The number of ether oxygens (including phenoxy) is 1. The molecule has 1 saturated heterocycles. The molecule has 2 amide bonds. The molecule has 2 aliphatic rings. The van der Waals surface area contributed by atoms with Gasteiger partial charge in [-0.25, -0.2) is 0 Å². The van der Waals surface area contributed by atoms with Crippen LogP contribution >= 0.6 is 0 Å². The first-order chi connectivity index (χ1) is 17.4. The number of aryl methyl sites for hydroxylation is 1. The second-order valence-electron chi connectivity index (χ2n) is 10.2. The Morgan fingerprint density at radius 2 is 1.69 bits per heavy atom. The van der Waals surface area contributed by atoms with Crippen LogP contribution in [0.5, 0.6) is 5.75 Å². The van der Waals surface area contributed by atoms with Crippen molar-refractivity contribution in [3.05, 3.63) is 65.2 Å². The van der Waals surface area contributed by atoms with E-state index in [1.807, 2.05) is 48.2 Å². The summed E-state index contributed by atoms with van der Waals surface area (Å²) in [5, 5.41) is 6.69. The molecular weight excluding hydrogens is 452 g/mol. The second kappa shape index (κ2) is 12.4.